The third-order valence-corrected chi connectivity index (χ3v) is 10.1. The molecule has 2 aromatic heterocycles. The van der Waals surface area contributed by atoms with Crippen molar-refractivity contribution < 1.29 is 45.4 Å². The van der Waals surface area contributed by atoms with Crippen LogP contribution in [-0.4, -0.2) is 21.9 Å². The molecule has 0 saturated carbocycles. The van der Waals surface area contributed by atoms with E-state index in [1.54, 1.807) is 36.4 Å². The van der Waals surface area contributed by atoms with Crippen LogP contribution in [0.2, 0.25) is 0 Å². The molecule has 0 unspecified atom stereocenters. The lowest BCUT2D eigenvalue weighted by Crippen LogP contribution is -2.35. The first-order chi connectivity index (χ1) is 24.1. The molecule has 0 fully saturated rings. The summed E-state index contributed by atoms with van der Waals surface area (Å²) < 4.78 is 92.3. The first-order valence-corrected chi connectivity index (χ1v) is 16.8. The van der Waals surface area contributed by atoms with E-state index in [4.69, 9.17) is 9.47 Å². The van der Waals surface area contributed by atoms with Crippen LogP contribution in [-0.2, 0) is 42.6 Å². The Morgan fingerprint density at radius 2 is 0.843 bits per heavy atom. The molecule has 0 radical (unpaired) electrons. The highest BCUT2D eigenvalue weighted by molar-refractivity contribution is 6.08. The van der Waals surface area contributed by atoms with Crippen LogP contribution in [0.5, 0.6) is 0 Å². The molecule has 0 aliphatic carbocycles. The number of rotatable bonds is 10. The average molecular weight is 711 g/mol. The molecule has 0 aliphatic heterocycles. The van der Waals surface area contributed by atoms with Crippen LogP contribution in [0.25, 0.3) is 43.6 Å². The molecule has 0 amide bonds. The van der Waals surface area contributed by atoms with Gasteiger partial charge in [-0.25, -0.2) is 0 Å². The molecule has 51 heavy (non-hydrogen) atoms. The number of aromatic nitrogens is 2. The normalized spacial score (nSPS) is 13.1. The SMILES string of the molecule is CCC(CC)(OC(=O)CC(=O)OC(CC)(CC)c1ccc2c(c1)[nH]c1ccc(C(F)(F)F)cc12)c1ccc2c(c1)[nH]c1ccc(C(F)(F)F)cc12. The summed E-state index contributed by atoms with van der Waals surface area (Å²) in [4.78, 5) is 33.0. The average Bonchev–Trinajstić information content (AvgIpc) is 3.65. The van der Waals surface area contributed by atoms with Crippen molar-refractivity contribution >= 4 is 55.6 Å². The van der Waals surface area contributed by atoms with Gasteiger partial charge in [-0.2, -0.15) is 26.3 Å². The maximum absolute atomic E-state index is 13.4. The molecule has 0 spiro atoms. The van der Waals surface area contributed by atoms with Gasteiger partial charge in [-0.3, -0.25) is 9.59 Å². The van der Waals surface area contributed by atoms with E-state index in [9.17, 15) is 35.9 Å². The van der Waals surface area contributed by atoms with Gasteiger partial charge < -0.3 is 19.4 Å². The Balaban J connectivity index is 1.22. The van der Waals surface area contributed by atoms with Gasteiger partial charge in [-0.15, -0.1) is 0 Å². The summed E-state index contributed by atoms with van der Waals surface area (Å²) in [5.74, 6) is -1.61. The summed E-state index contributed by atoms with van der Waals surface area (Å²) in [6.45, 7) is 7.35. The van der Waals surface area contributed by atoms with Crippen molar-refractivity contribution in [2.24, 2.45) is 0 Å². The molecular weight excluding hydrogens is 674 g/mol. The molecule has 0 atom stereocenters. The van der Waals surface area contributed by atoms with Crippen LogP contribution >= 0.6 is 0 Å². The molecule has 0 bridgehead atoms. The Morgan fingerprint density at radius 3 is 1.18 bits per heavy atom. The number of carbonyl (C=O) groups is 2. The second-order valence-corrected chi connectivity index (χ2v) is 12.8. The van der Waals surface area contributed by atoms with Gasteiger partial charge in [0.2, 0.25) is 0 Å². The first-order valence-electron chi connectivity index (χ1n) is 16.8. The van der Waals surface area contributed by atoms with E-state index in [2.05, 4.69) is 9.97 Å². The Morgan fingerprint density at radius 1 is 0.490 bits per heavy atom. The fourth-order valence-corrected chi connectivity index (χ4v) is 7.08. The van der Waals surface area contributed by atoms with E-state index in [0.717, 1.165) is 24.3 Å². The smallest absolute Gasteiger partial charge is 0.416 e. The number of esters is 2. The summed E-state index contributed by atoms with van der Waals surface area (Å²) in [5.41, 5.74) is -0.310. The third-order valence-electron chi connectivity index (χ3n) is 10.1. The van der Waals surface area contributed by atoms with Crippen LogP contribution in [0, 0.1) is 0 Å². The van der Waals surface area contributed by atoms with Crippen molar-refractivity contribution in [3.05, 3.63) is 95.1 Å². The van der Waals surface area contributed by atoms with E-state index in [-0.39, 0.29) is 0 Å². The van der Waals surface area contributed by atoms with Gasteiger partial charge in [-0.05, 0) is 85.3 Å². The predicted molar refractivity (Wildman–Crippen MR) is 183 cm³/mol. The minimum atomic E-state index is -4.49. The fourth-order valence-electron chi connectivity index (χ4n) is 7.08. The Kier molecular flexibility index (Phi) is 9.10. The van der Waals surface area contributed by atoms with Crippen molar-refractivity contribution in [1.29, 1.82) is 0 Å². The molecule has 2 N–H and O–H groups in total. The number of aromatic amines is 2. The molecule has 0 saturated heterocycles. The second-order valence-electron chi connectivity index (χ2n) is 12.8. The molecule has 268 valence electrons. The zero-order chi connectivity index (χ0) is 36.9. The number of hydrogen-bond donors (Lipinski definition) is 2. The van der Waals surface area contributed by atoms with Gasteiger partial charge in [0.1, 0.15) is 17.6 Å². The standard InChI is InChI=1S/C39H36F6N2O4/c1-5-36(6-2,22-9-13-26-28-17-24(38(40,41)42)11-15-30(28)46-32(26)19-22)50-34(48)21-35(49)51-37(7-3,8-4)23-10-14-27-29-18-25(39(43,44)45)12-16-31(29)47-33(27)20-23/h9-20,46-47H,5-8,21H2,1-4H3. The summed E-state index contributed by atoms with van der Waals surface area (Å²) in [6, 6.07) is 17.3. The topological polar surface area (TPSA) is 84.2 Å². The molecular formula is C39H36F6N2O4. The van der Waals surface area contributed by atoms with E-state index in [1.807, 2.05) is 27.7 Å². The van der Waals surface area contributed by atoms with E-state index < -0.39 is 53.0 Å². The second kappa shape index (κ2) is 13.0. The number of benzene rings is 4. The predicted octanol–water partition coefficient (Wildman–Crippen LogP) is 11.2. The summed E-state index contributed by atoms with van der Waals surface area (Å²) in [7, 11) is 0. The Hall–Kier alpha value is -5.00. The van der Waals surface area contributed by atoms with Crippen LogP contribution in [0.3, 0.4) is 0 Å². The van der Waals surface area contributed by atoms with Gasteiger partial charge in [0.05, 0.1) is 11.1 Å². The molecule has 4 aromatic carbocycles. The Bertz CT molecular complexity index is 2110. The number of alkyl halides is 6. The fraction of sp³-hybridized carbons (Fsp3) is 0.333. The lowest BCUT2D eigenvalue weighted by Gasteiger charge is -2.34. The zero-order valence-corrected chi connectivity index (χ0v) is 28.4. The monoisotopic (exact) mass is 710 g/mol. The molecule has 0 aliphatic rings. The van der Waals surface area contributed by atoms with Crippen LogP contribution < -0.4 is 0 Å². The molecule has 6 rings (SSSR count). The van der Waals surface area contributed by atoms with Crippen LogP contribution in [0.4, 0.5) is 26.3 Å². The first kappa shape index (κ1) is 35.8. The molecule has 12 heteroatoms. The number of H-pyrrole nitrogens is 2. The number of nitrogens with one attached hydrogen (secondary N) is 2. The van der Waals surface area contributed by atoms with E-state index in [1.165, 1.54) is 12.1 Å². The maximum Gasteiger partial charge on any atom is 0.416 e. The molecule has 6 aromatic rings. The summed E-state index contributed by atoms with van der Waals surface area (Å²) in [5, 5.41) is 2.00. The molecule has 6 nitrogen and oxygen atoms in total. The van der Waals surface area contributed by atoms with Crippen molar-refractivity contribution in [1.82, 2.24) is 9.97 Å². The van der Waals surface area contributed by atoms with Crippen molar-refractivity contribution in [3.8, 4) is 0 Å². The molecule has 2 heterocycles. The summed E-state index contributed by atoms with van der Waals surface area (Å²) >= 11 is 0. The third kappa shape index (κ3) is 6.52. The largest absolute Gasteiger partial charge is 0.454 e. The highest BCUT2D eigenvalue weighted by Crippen LogP contribution is 2.41. The highest BCUT2D eigenvalue weighted by atomic mass is 19.4. The lowest BCUT2D eigenvalue weighted by molar-refractivity contribution is -0.174. The van der Waals surface area contributed by atoms with Gasteiger partial charge in [0, 0.05) is 43.6 Å². The van der Waals surface area contributed by atoms with Crippen LogP contribution in [0.1, 0.15) is 82.1 Å². The number of fused-ring (bicyclic) bond motifs is 6. The zero-order valence-electron chi connectivity index (χ0n) is 28.4. The van der Waals surface area contributed by atoms with Crippen molar-refractivity contribution in [3.63, 3.8) is 0 Å². The number of ether oxygens (including phenoxy) is 2. The highest BCUT2D eigenvalue weighted by Gasteiger charge is 2.38. The number of carbonyl (C=O) groups excluding carboxylic acids is 2. The number of halogens is 6. The Labute approximate surface area is 289 Å². The van der Waals surface area contributed by atoms with Gasteiger partial charge in [-0.1, -0.05) is 52.0 Å². The van der Waals surface area contributed by atoms with E-state index in [0.29, 0.717) is 80.4 Å². The van der Waals surface area contributed by atoms with Crippen molar-refractivity contribution in [2.75, 3.05) is 0 Å². The van der Waals surface area contributed by atoms with Gasteiger partial charge in [0.15, 0.2) is 0 Å². The maximum atomic E-state index is 13.4. The van der Waals surface area contributed by atoms with E-state index >= 15 is 0 Å². The summed E-state index contributed by atoms with van der Waals surface area (Å²) in [6.07, 6.45) is -8.22. The minimum absolute atomic E-state index is 0.358. The van der Waals surface area contributed by atoms with Crippen molar-refractivity contribution in [2.45, 2.75) is 83.4 Å². The van der Waals surface area contributed by atoms with Gasteiger partial charge in [0.25, 0.3) is 0 Å². The minimum Gasteiger partial charge on any atom is -0.454 e. The number of hydrogen-bond acceptors (Lipinski definition) is 4. The van der Waals surface area contributed by atoms with Gasteiger partial charge >= 0.3 is 24.3 Å². The van der Waals surface area contributed by atoms with Crippen LogP contribution in [0.15, 0.2) is 72.8 Å². The lowest BCUT2D eigenvalue weighted by atomic mass is 9.87. The quantitative estimate of drug-likeness (QED) is 0.0842.